The Kier molecular flexibility index (Phi) is 15.8. The fourth-order valence-corrected chi connectivity index (χ4v) is 4.23. The van der Waals surface area contributed by atoms with Gasteiger partial charge in [-0.3, -0.25) is 0 Å². The Labute approximate surface area is 229 Å². The average Bonchev–Trinajstić information content (AvgIpc) is 3.40. The molecule has 0 bridgehead atoms. The predicted octanol–water partition coefficient (Wildman–Crippen LogP) is 7.23. The lowest BCUT2D eigenvalue weighted by Gasteiger charge is -2.24. The summed E-state index contributed by atoms with van der Waals surface area (Å²) in [5.74, 6) is -0.459. The minimum Gasteiger partial charge on any atom is -0.458 e. The van der Waals surface area contributed by atoms with E-state index in [1.165, 1.54) is 51.4 Å². The number of rotatable bonds is 18. The number of benzene rings is 1. The maximum Gasteiger partial charge on any atom is 0.408 e. The first-order chi connectivity index (χ1) is 18.3. The molecule has 1 aromatic carbocycles. The smallest absolute Gasteiger partial charge is 0.408 e. The van der Waals surface area contributed by atoms with Gasteiger partial charge in [-0.05, 0) is 58.4 Å². The van der Waals surface area contributed by atoms with Crippen molar-refractivity contribution in [2.75, 3.05) is 13.2 Å². The molecule has 1 aliphatic heterocycles. The molecule has 1 fully saturated rings. The average molecular weight is 532 g/mol. The molecule has 0 spiro atoms. The van der Waals surface area contributed by atoms with Crippen molar-refractivity contribution in [3.05, 3.63) is 48.0 Å². The zero-order chi connectivity index (χ0) is 27.5. The Morgan fingerprint density at radius 2 is 1.53 bits per heavy atom. The monoisotopic (exact) mass is 531 g/mol. The molecule has 1 aromatic rings. The summed E-state index contributed by atoms with van der Waals surface area (Å²) < 4.78 is 21.7. The van der Waals surface area contributed by atoms with Crippen LogP contribution in [0.25, 0.3) is 0 Å². The fraction of sp³-hybridized carbons (Fsp3) is 0.677. The Bertz CT molecular complexity index is 798. The Morgan fingerprint density at radius 3 is 2.16 bits per heavy atom. The van der Waals surface area contributed by atoms with Gasteiger partial charge in [0.15, 0.2) is 6.29 Å². The first kappa shape index (κ1) is 31.8. The van der Waals surface area contributed by atoms with Gasteiger partial charge in [0, 0.05) is 0 Å². The lowest BCUT2D eigenvalue weighted by Crippen LogP contribution is -2.44. The van der Waals surface area contributed by atoms with Crippen LogP contribution in [0.4, 0.5) is 4.79 Å². The molecule has 0 aromatic heterocycles. The maximum atomic E-state index is 12.6. The normalized spacial score (nSPS) is 15.0. The molecule has 0 unspecified atom stereocenters. The van der Waals surface area contributed by atoms with E-state index >= 15 is 0 Å². The molecule has 38 heavy (non-hydrogen) atoms. The number of hydrogen-bond donors (Lipinski definition) is 1. The second-order valence-electron chi connectivity index (χ2n) is 10.9. The largest absolute Gasteiger partial charge is 0.458 e. The Morgan fingerprint density at radius 1 is 0.921 bits per heavy atom. The van der Waals surface area contributed by atoms with E-state index in [4.69, 9.17) is 18.9 Å². The number of esters is 1. The van der Waals surface area contributed by atoms with Gasteiger partial charge in [0.2, 0.25) is 0 Å². The second kappa shape index (κ2) is 18.8. The summed E-state index contributed by atoms with van der Waals surface area (Å²) >= 11 is 0. The number of ether oxygens (including phenoxy) is 4. The van der Waals surface area contributed by atoms with E-state index in [1.54, 1.807) is 0 Å². The van der Waals surface area contributed by atoms with E-state index in [9.17, 15) is 9.59 Å². The molecule has 1 heterocycles. The van der Waals surface area contributed by atoms with Crippen molar-refractivity contribution in [1.29, 1.82) is 0 Å². The first-order valence-electron chi connectivity index (χ1n) is 14.4. The molecule has 7 nitrogen and oxygen atoms in total. The standard InChI is InChI=1S/C31H49NO6/c1-31(2,3)38-29(33)27(32-30(34)37-25-26-19-15-14-16-20-26)21-17-12-10-8-6-4-5-7-9-11-13-18-22-28-35-23-24-36-28/h12,14-17,19-20,27-28H,4-11,13,18,21-25H2,1-3H3,(H,32,34)/t27-/m0/s1. The number of amides is 1. The zero-order valence-electron chi connectivity index (χ0n) is 23.8. The van der Waals surface area contributed by atoms with Crippen molar-refractivity contribution in [3.63, 3.8) is 0 Å². The van der Waals surface area contributed by atoms with Gasteiger partial charge >= 0.3 is 12.1 Å². The molecule has 2 rings (SSSR count). The van der Waals surface area contributed by atoms with Gasteiger partial charge in [0.25, 0.3) is 0 Å². The van der Waals surface area contributed by atoms with Crippen LogP contribution in [-0.2, 0) is 30.3 Å². The highest BCUT2D eigenvalue weighted by atomic mass is 16.7. The topological polar surface area (TPSA) is 83.1 Å². The predicted molar refractivity (Wildman–Crippen MR) is 150 cm³/mol. The number of unbranched alkanes of at least 4 members (excludes halogenated alkanes) is 9. The molecule has 1 amide bonds. The van der Waals surface area contributed by atoms with Crippen molar-refractivity contribution < 1.29 is 28.5 Å². The zero-order valence-corrected chi connectivity index (χ0v) is 23.8. The van der Waals surface area contributed by atoms with Gasteiger partial charge < -0.3 is 24.3 Å². The summed E-state index contributed by atoms with van der Waals surface area (Å²) in [5, 5.41) is 2.67. The van der Waals surface area contributed by atoms with Gasteiger partial charge in [0.05, 0.1) is 13.2 Å². The van der Waals surface area contributed by atoms with E-state index < -0.39 is 23.7 Å². The summed E-state index contributed by atoms with van der Waals surface area (Å²) in [4.78, 5) is 25.0. The van der Waals surface area contributed by atoms with E-state index in [0.29, 0.717) is 6.42 Å². The molecular weight excluding hydrogens is 482 g/mol. The SMILES string of the molecule is CC(C)(C)OC(=O)[C@H](CC=CCCCCCCCCCCCC1OCCO1)NC(=O)OCc1ccccc1. The van der Waals surface area contributed by atoms with E-state index in [1.807, 2.05) is 57.2 Å². The van der Waals surface area contributed by atoms with Crippen LogP contribution in [0.15, 0.2) is 42.5 Å². The van der Waals surface area contributed by atoms with Crippen molar-refractivity contribution in [3.8, 4) is 0 Å². The highest BCUT2D eigenvalue weighted by Crippen LogP contribution is 2.16. The van der Waals surface area contributed by atoms with E-state index in [2.05, 4.69) is 11.4 Å². The highest BCUT2D eigenvalue weighted by molar-refractivity contribution is 5.81. The molecule has 1 aliphatic rings. The van der Waals surface area contributed by atoms with Crippen LogP contribution in [0.3, 0.4) is 0 Å². The van der Waals surface area contributed by atoms with Crippen LogP contribution < -0.4 is 5.32 Å². The van der Waals surface area contributed by atoms with Crippen LogP contribution >= 0.6 is 0 Å². The molecule has 0 radical (unpaired) electrons. The third-order valence-electron chi connectivity index (χ3n) is 6.24. The molecule has 0 aliphatic carbocycles. The second-order valence-corrected chi connectivity index (χ2v) is 10.9. The van der Waals surface area contributed by atoms with Crippen molar-refractivity contribution >= 4 is 12.1 Å². The lowest BCUT2D eigenvalue weighted by atomic mass is 10.1. The van der Waals surface area contributed by atoms with Gasteiger partial charge in [-0.1, -0.05) is 87.4 Å². The minimum absolute atomic E-state index is 0.0462. The number of alkyl carbamates (subject to hydrolysis) is 1. The lowest BCUT2D eigenvalue weighted by molar-refractivity contribution is -0.157. The van der Waals surface area contributed by atoms with Crippen LogP contribution in [0, 0.1) is 0 Å². The molecular formula is C31H49NO6. The third-order valence-corrected chi connectivity index (χ3v) is 6.24. The summed E-state index contributed by atoms with van der Waals surface area (Å²) in [5.41, 5.74) is 0.255. The summed E-state index contributed by atoms with van der Waals surface area (Å²) in [6.45, 7) is 7.08. The molecule has 214 valence electrons. The number of carbonyl (C=O) groups excluding carboxylic acids is 2. The summed E-state index contributed by atoms with van der Waals surface area (Å²) in [6, 6.07) is 8.65. The Balaban J connectivity index is 1.55. The van der Waals surface area contributed by atoms with Crippen molar-refractivity contribution in [2.45, 2.75) is 122 Å². The molecule has 1 N–H and O–H groups in total. The van der Waals surface area contributed by atoms with Gasteiger partial charge in [-0.2, -0.15) is 0 Å². The van der Waals surface area contributed by atoms with Crippen molar-refractivity contribution in [1.82, 2.24) is 5.32 Å². The third kappa shape index (κ3) is 15.8. The number of hydrogen-bond acceptors (Lipinski definition) is 6. The number of allylic oxidation sites excluding steroid dienone is 1. The van der Waals surface area contributed by atoms with E-state index in [0.717, 1.165) is 38.0 Å². The highest BCUT2D eigenvalue weighted by Gasteiger charge is 2.26. The molecule has 7 heteroatoms. The van der Waals surface area contributed by atoms with E-state index in [-0.39, 0.29) is 12.9 Å². The summed E-state index contributed by atoms with van der Waals surface area (Å²) in [6.07, 6.45) is 17.0. The number of nitrogens with one attached hydrogen (secondary N) is 1. The molecule has 1 saturated heterocycles. The number of carbonyl (C=O) groups is 2. The van der Waals surface area contributed by atoms with Crippen LogP contribution in [0.5, 0.6) is 0 Å². The Hall–Kier alpha value is -2.38. The molecule has 0 saturated carbocycles. The quantitative estimate of drug-likeness (QED) is 0.122. The van der Waals surface area contributed by atoms with Crippen LogP contribution in [0.2, 0.25) is 0 Å². The van der Waals surface area contributed by atoms with Gasteiger partial charge in [0.1, 0.15) is 18.2 Å². The fourth-order valence-electron chi connectivity index (χ4n) is 4.23. The maximum absolute atomic E-state index is 12.6. The van der Waals surface area contributed by atoms with Gasteiger partial charge in [-0.25, -0.2) is 9.59 Å². The first-order valence-corrected chi connectivity index (χ1v) is 14.4. The molecule has 1 atom stereocenters. The van der Waals surface area contributed by atoms with Gasteiger partial charge in [-0.15, -0.1) is 0 Å². The van der Waals surface area contributed by atoms with Crippen molar-refractivity contribution in [2.24, 2.45) is 0 Å². The summed E-state index contributed by atoms with van der Waals surface area (Å²) in [7, 11) is 0. The van der Waals surface area contributed by atoms with Crippen LogP contribution in [0.1, 0.15) is 103 Å². The van der Waals surface area contributed by atoms with Crippen LogP contribution in [-0.4, -0.2) is 43.2 Å². The minimum atomic E-state index is -0.785.